The Morgan fingerprint density at radius 1 is 0.690 bits per heavy atom. The van der Waals surface area contributed by atoms with E-state index >= 15 is 0 Å². The zero-order valence-corrected chi connectivity index (χ0v) is 22.4. The first-order valence-electron chi connectivity index (χ1n) is 12.7. The number of unbranched alkanes of at least 4 members (excludes halogenated alkanes) is 1. The summed E-state index contributed by atoms with van der Waals surface area (Å²) in [5.41, 5.74) is 0. The van der Waals surface area contributed by atoms with Gasteiger partial charge in [-0.15, -0.1) is 0 Å². The minimum Gasteiger partial charge on any atom is -0.393 e. The molecule has 0 radical (unpaired) electrons. The van der Waals surface area contributed by atoms with Gasteiger partial charge in [0, 0.05) is 0 Å². The van der Waals surface area contributed by atoms with Gasteiger partial charge in [0.05, 0.1) is 6.10 Å². The summed E-state index contributed by atoms with van der Waals surface area (Å²) in [6.07, 6.45) is 13.1. The predicted molar refractivity (Wildman–Crippen MR) is 141 cm³/mol. The minimum absolute atomic E-state index is 0. The molecule has 1 N–H and O–H groups in total. The molecule has 29 heavy (non-hydrogen) atoms. The summed E-state index contributed by atoms with van der Waals surface area (Å²) < 4.78 is 0. The standard InChI is InChI=1S/C5H12O.C5H10.C5H12.C4H8.2C4H10.CH4/c1-3-5(6)4-2;1-2-5-3-4-5;1-4-5(2)3;1-4-2-3-4;1-4(2)3;1-3-4-2;/h5-6H,3-4H2,1-2H3;5H,2-4H2,1H3;5H,4H2,1-3H3;4H,2-3H2,1H3;4H,1-3H3;3-4H2,1-2H3;1H4. The lowest BCUT2D eigenvalue weighted by molar-refractivity contribution is 0.166. The van der Waals surface area contributed by atoms with Crippen LogP contribution in [0.3, 0.4) is 0 Å². The minimum atomic E-state index is -0.0648. The summed E-state index contributed by atoms with van der Waals surface area (Å²) in [5.74, 6) is 3.94. The molecule has 0 saturated heterocycles. The third kappa shape index (κ3) is 84.2. The molecule has 2 rings (SSSR count). The summed E-state index contributed by atoms with van der Waals surface area (Å²) >= 11 is 0. The molecule has 0 aromatic carbocycles. The fourth-order valence-electron chi connectivity index (χ4n) is 0.981. The summed E-state index contributed by atoms with van der Waals surface area (Å²) in [7, 11) is 0. The fourth-order valence-corrected chi connectivity index (χ4v) is 0.981. The molecule has 0 aliphatic heterocycles. The average Bonchev–Trinajstić information content (AvgIpc) is 3.58. The molecular weight excluding hydrogens is 352 g/mol. The van der Waals surface area contributed by atoms with Gasteiger partial charge in [0.2, 0.25) is 0 Å². The maximum Gasteiger partial charge on any atom is 0.0535 e. The van der Waals surface area contributed by atoms with E-state index in [1.807, 2.05) is 13.8 Å². The first-order valence-corrected chi connectivity index (χ1v) is 12.7. The highest BCUT2D eigenvalue weighted by molar-refractivity contribution is 4.69. The Labute approximate surface area is 189 Å². The predicted octanol–water partition coefficient (Wildman–Crippen LogP) is 10.5. The second-order valence-corrected chi connectivity index (χ2v) is 9.54. The molecule has 1 heteroatoms. The molecule has 184 valence electrons. The summed E-state index contributed by atoms with van der Waals surface area (Å²) in [6.45, 7) is 26.0. The van der Waals surface area contributed by atoms with Crippen LogP contribution in [0.1, 0.15) is 155 Å². The van der Waals surface area contributed by atoms with E-state index < -0.39 is 0 Å². The van der Waals surface area contributed by atoms with E-state index in [1.54, 1.807) is 0 Å². The van der Waals surface area contributed by atoms with Crippen molar-refractivity contribution in [3.05, 3.63) is 0 Å². The van der Waals surface area contributed by atoms with Crippen molar-refractivity contribution in [3.63, 3.8) is 0 Å². The third-order valence-corrected chi connectivity index (χ3v) is 4.40. The molecule has 0 heterocycles. The number of hydrogen-bond donors (Lipinski definition) is 1. The van der Waals surface area contributed by atoms with Crippen molar-refractivity contribution in [1.82, 2.24) is 0 Å². The monoisotopic (exact) mass is 419 g/mol. The SMILES string of the molecule is C.CC(C)C.CC1CC1.CCC(C)C.CCC(O)CC.CCC1CC1.CCCC. The Hall–Kier alpha value is -0.0400. The van der Waals surface area contributed by atoms with Crippen LogP contribution in [-0.4, -0.2) is 11.2 Å². The van der Waals surface area contributed by atoms with Crippen LogP contribution in [-0.2, 0) is 0 Å². The van der Waals surface area contributed by atoms with Crippen molar-refractivity contribution in [2.24, 2.45) is 23.7 Å². The zero-order valence-electron chi connectivity index (χ0n) is 22.4. The van der Waals surface area contributed by atoms with Crippen molar-refractivity contribution in [3.8, 4) is 0 Å². The van der Waals surface area contributed by atoms with E-state index in [9.17, 15) is 0 Å². The smallest absolute Gasteiger partial charge is 0.0535 e. The lowest BCUT2D eigenvalue weighted by Crippen LogP contribution is -1.99. The normalized spacial score (nSPS) is 13.7. The van der Waals surface area contributed by atoms with Crippen LogP contribution in [0.2, 0.25) is 0 Å². The Bertz CT molecular complexity index is 216. The van der Waals surface area contributed by atoms with E-state index in [4.69, 9.17) is 5.11 Å². The van der Waals surface area contributed by atoms with E-state index in [0.717, 1.165) is 36.5 Å². The van der Waals surface area contributed by atoms with Crippen molar-refractivity contribution in [1.29, 1.82) is 0 Å². The first kappa shape index (κ1) is 39.4. The molecule has 0 unspecified atom stereocenters. The third-order valence-electron chi connectivity index (χ3n) is 4.40. The maximum absolute atomic E-state index is 8.67. The largest absolute Gasteiger partial charge is 0.393 e. The fraction of sp³-hybridized carbons (Fsp3) is 1.00. The van der Waals surface area contributed by atoms with Crippen LogP contribution in [0, 0.1) is 23.7 Å². The van der Waals surface area contributed by atoms with Crippen molar-refractivity contribution in [2.75, 3.05) is 0 Å². The molecule has 0 amide bonds. The molecule has 2 fully saturated rings. The summed E-state index contributed by atoms with van der Waals surface area (Å²) in [4.78, 5) is 0. The van der Waals surface area contributed by atoms with Crippen molar-refractivity contribution < 1.29 is 5.11 Å². The Morgan fingerprint density at radius 2 is 0.966 bits per heavy atom. The molecule has 0 aromatic rings. The van der Waals surface area contributed by atoms with Gasteiger partial charge in [-0.25, -0.2) is 0 Å². The van der Waals surface area contributed by atoms with Crippen LogP contribution in [0.25, 0.3) is 0 Å². The van der Waals surface area contributed by atoms with E-state index in [2.05, 4.69) is 69.2 Å². The second-order valence-electron chi connectivity index (χ2n) is 9.54. The van der Waals surface area contributed by atoms with Gasteiger partial charge in [-0.2, -0.15) is 0 Å². The van der Waals surface area contributed by atoms with Crippen LogP contribution in [0.15, 0.2) is 0 Å². The van der Waals surface area contributed by atoms with Gasteiger partial charge in [0.1, 0.15) is 0 Å². The van der Waals surface area contributed by atoms with Crippen LogP contribution < -0.4 is 0 Å². The Morgan fingerprint density at radius 3 is 0.966 bits per heavy atom. The number of aliphatic hydroxyl groups excluding tert-OH is 1. The summed E-state index contributed by atoms with van der Waals surface area (Å²) in [5, 5.41) is 8.67. The first-order chi connectivity index (χ1) is 13.1. The van der Waals surface area contributed by atoms with Crippen molar-refractivity contribution >= 4 is 0 Å². The lowest BCUT2D eigenvalue weighted by Gasteiger charge is -1.98. The molecule has 1 nitrogen and oxygen atoms in total. The van der Waals surface area contributed by atoms with Gasteiger partial charge in [-0.1, -0.05) is 142 Å². The number of aliphatic hydroxyl groups is 1. The highest BCUT2D eigenvalue weighted by Gasteiger charge is 2.17. The molecule has 0 spiro atoms. The molecule has 0 aromatic heterocycles. The second kappa shape index (κ2) is 32.6. The van der Waals surface area contributed by atoms with Gasteiger partial charge in [0.15, 0.2) is 0 Å². The van der Waals surface area contributed by atoms with Crippen molar-refractivity contribution in [2.45, 2.75) is 161 Å². The van der Waals surface area contributed by atoms with Gasteiger partial charge in [-0.3, -0.25) is 0 Å². The van der Waals surface area contributed by atoms with Gasteiger partial charge in [0.25, 0.3) is 0 Å². The van der Waals surface area contributed by atoms with Gasteiger partial charge >= 0.3 is 0 Å². The topological polar surface area (TPSA) is 20.2 Å². The zero-order chi connectivity index (χ0) is 23.0. The highest BCUT2D eigenvalue weighted by Crippen LogP contribution is 2.31. The number of hydrogen-bond acceptors (Lipinski definition) is 1. The van der Waals surface area contributed by atoms with Crippen LogP contribution in [0.4, 0.5) is 0 Å². The van der Waals surface area contributed by atoms with Gasteiger partial charge in [-0.05, 0) is 36.5 Å². The van der Waals surface area contributed by atoms with E-state index in [-0.39, 0.29) is 13.5 Å². The van der Waals surface area contributed by atoms with E-state index in [0.29, 0.717) is 0 Å². The molecule has 0 bridgehead atoms. The number of rotatable bonds is 5. The highest BCUT2D eigenvalue weighted by atomic mass is 16.3. The molecule has 2 saturated carbocycles. The quantitative estimate of drug-likeness (QED) is 0.470. The molecule has 0 atom stereocenters. The average molecular weight is 419 g/mol. The Kier molecular flexibility index (Phi) is 44.4. The molecule has 2 aliphatic carbocycles. The van der Waals surface area contributed by atoms with E-state index in [1.165, 1.54) is 51.4 Å². The van der Waals surface area contributed by atoms with Gasteiger partial charge < -0.3 is 5.11 Å². The molecule has 2 aliphatic rings. The van der Waals surface area contributed by atoms with Crippen LogP contribution in [0.5, 0.6) is 0 Å². The summed E-state index contributed by atoms with van der Waals surface area (Å²) in [6, 6.07) is 0. The Balaban J connectivity index is -0.0000000794. The maximum atomic E-state index is 8.67. The molecular formula is C28H66O. The van der Waals surface area contributed by atoms with Crippen LogP contribution >= 0.6 is 0 Å². The lowest BCUT2D eigenvalue weighted by atomic mass is 10.2.